The van der Waals surface area contributed by atoms with Crippen LogP contribution in [0.2, 0.25) is 0 Å². The van der Waals surface area contributed by atoms with Crippen molar-refractivity contribution in [1.29, 1.82) is 0 Å². The summed E-state index contributed by atoms with van der Waals surface area (Å²) in [5, 5.41) is 18.3. The average molecular weight is 301 g/mol. The number of carboxylic acids is 2. The summed E-state index contributed by atoms with van der Waals surface area (Å²) in [5.41, 5.74) is 5.22. The van der Waals surface area contributed by atoms with Crippen LogP contribution in [0.4, 0.5) is 0 Å². The van der Waals surface area contributed by atoms with Gasteiger partial charge in [-0.2, -0.15) is 0 Å². The van der Waals surface area contributed by atoms with E-state index in [9.17, 15) is 14.7 Å². The lowest BCUT2D eigenvalue weighted by molar-refractivity contribution is -0.142. The van der Waals surface area contributed by atoms with Gasteiger partial charge in [0, 0.05) is 19.5 Å². The SMILES string of the molecule is Cl.N[C@]1(C(=O)O)CC(C(=O)O)N(Cc2ccccc2)C1. The summed E-state index contributed by atoms with van der Waals surface area (Å²) in [6, 6.07) is 8.46. The van der Waals surface area contributed by atoms with Crippen LogP contribution in [0.25, 0.3) is 0 Å². The van der Waals surface area contributed by atoms with E-state index in [1.54, 1.807) is 4.90 Å². The predicted molar refractivity (Wildman–Crippen MR) is 74.7 cm³/mol. The molecule has 0 spiro atoms. The topological polar surface area (TPSA) is 104 Å². The Morgan fingerprint density at radius 2 is 1.90 bits per heavy atom. The minimum Gasteiger partial charge on any atom is -0.480 e. The van der Waals surface area contributed by atoms with E-state index >= 15 is 0 Å². The Labute approximate surface area is 122 Å². The van der Waals surface area contributed by atoms with Crippen molar-refractivity contribution in [1.82, 2.24) is 4.90 Å². The molecule has 0 amide bonds. The minimum atomic E-state index is -1.49. The van der Waals surface area contributed by atoms with Crippen LogP contribution in [0.1, 0.15) is 12.0 Å². The van der Waals surface area contributed by atoms with E-state index in [1.807, 2.05) is 30.3 Å². The Bertz CT molecular complexity index is 496. The third kappa shape index (κ3) is 3.27. The van der Waals surface area contributed by atoms with Gasteiger partial charge in [-0.15, -0.1) is 12.4 Å². The molecule has 1 fully saturated rings. The Kier molecular flexibility index (Phi) is 5.10. The highest BCUT2D eigenvalue weighted by molar-refractivity contribution is 5.85. The number of likely N-dealkylation sites (tertiary alicyclic amines) is 1. The fourth-order valence-corrected chi connectivity index (χ4v) is 2.39. The van der Waals surface area contributed by atoms with Gasteiger partial charge in [0.2, 0.25) is 0 Å². The quantitative estimate of drug-likeness (QED) is 0.750. The average Bonchev–Trinajstić information content (AvgIpc) is 2.69. The largest absolute Gasteiger partial charge is 0.480 e. The maximum Gasteiger partial charge on any atom is 0.325 e. The highest BCUT2D eigenvalue weighted by atomic mass is 35.5. The molecule has 1 heterocycles. The van der Waals surface area contributed by atoms with Crippen LogP contribution in [0, 0.1) is 0 Å². The van der Waals surface area contributed by atoms with Crippen molar-refractivity contribution in [3.63, 3.8) is 0 Å². The van der Waals surface area contributed by atoms with Crippen molar-refractivity contribution in [3.8, 4) is 0 Å². The fraction of sp³-hybridized carbons (Fsp3) is 0.385. The number of halogens is 1. The number of benzene rings is 1. The van der Waals surface area contributed by atoms with Crippen molar-refractivity contribution in [3.05, 3.63) is 35.9 Å². The molecule has 4 N–H and O–H groups in total. The monoisotopic (exact) mass is 300 g/mol. The molecule has 2 atom stereocenters. The highest BCUT2D eigenvalue weighted by Crippen LogP contribution is 2.27. The van der Waals surface area contributed by atoms with Gasteiger partial charge in [-0.1, -0.05) is 30.3 Å². The van der Waals surface area contributed by atoms with E-state index in [-0.39, 0.29) is 25.4 Å². The maximum atomic E-state index is 11.2. The summed E-state index contributed by atoms with van der Waals surface area (Å²) >= 11 is 0. The summed E-state index contributed by atoms with van der Waals surface area (Å²) in [7, 11) is 0. The molecular weight excluding hydrogens is 284 g/mol. The molecule has 20 heavy (non-hydrogen) atoms. The molecule has 0 radical (unpaired) electrons. The number of nitrogens with two attached hydrogens (primary N) is 1. The normalized spacial score (nSPS) is 25.9. The van der Waals surface area contributed by atoms with E-state index < -0.39 is 23.5 Å². The Balaban J connectivity index is 0.00000200. The minimum absolute atomic E-state index is 0. The van der Waals surface area contributed by atoms with Gasteiger partial charge in [0.05, 0.1) is 0 Å². The van der Waals surface area contributed by atoms with Crippen molar-refractivity contribution in [2.45, 2.75) is 24.5 Å². The van der Waals surface area contributed by atoms with Gasteiger partial charge >= 0.3 is 11.9 Å². The molecule has 1 unspecified atom stereocenters. The summed E-state index contributed by atoms with van der Waals surface area (Å²) < 4.78 is 0. The van der Waals surface area contributed by atoms with Gasteiger partial charge in [0.25, 0.3) is 0 Å². The van der Waals surface area contributed by atoms with E-state index in [1.165, 1.54) is 0 Å². The Morgan fingerprint density at radius 1 is 1.30 bits per heavy atom. The number of hydrogen-bond acceptors (Lipinski definition) is 4. The van der Waals surface area contributed by atoms with Crippen molar-refractivity contribution < 1.29 is 19.8 Å². The van der Waals surface area contributed by atoms with Gasteiger partial charge < -0.3 is 15.9 Å². The lowest BCUT2D eigenvalue weighted by atomic mass is 9.98. The first-order valence-corrected chi connectivity index (χ1v) is 5.95. The number of hydrogen-bond donors (Lipinski definition) is 3. The lowest BCUT2D eigenvalue weighted by Gasteiger charge is -2.21. The van der Waals surface area contributed by atoms with Crippen LogP contribution in [0.3, 0.4) is 0 Å². The molecule has 0 aliphatic carbocycles. The van der Waals surface area contributed by atoms with Gasteiger partial charge in [0.15, 0.2) is 0 Å². The third-order valence-corrected chi connectivity index (χ3v) is 3.42. The molecular formula is C13H17ClN2O4. The van der Waals surface area contributed by atoms with Gasteiger partial charge in [0.1, 0.15) is 11.6 Å². The fourth-order valence-electron chi connectivity index (χ4n) is 2.39. The second-order valence-corrected chi connectivity index (χ2v) is 4.91. The lowest BCUT2D eigenvalue weighted by Crippen LogP contribution is -2.50. The van der Waals surface area contributed by atoms with Crippen molar-refractivity contribution in [2.24, 2.45) is 5.73 Å². The molecule has 110 valence electrons. The number of rotatable bonds is 4. The van der Waals surface area contributed by atoms with Crippen LogP contribution in [-0.4, -0.2) is 45.2 Å². The Hall–Kier alpha value is -1.63. The van der Waals surface area contributed by atoms with Crippen molar-refractivity contribution in [2.75, 3.05) is 6.54 Å². The number of carboxylic acid groups (broad SMARTS) is 2. The Morgan fingerprint density at radius 3 is 2.40 bits per heavy atom. The van der Waals surface area contributed by atoms with Crippen LogP contribution < -0.4 is 5.73 Å². The van der Waals surface area contributed by atoms with Crippen LogP contribution >= 0.6 is 12.4 Å². The highest BCUT2D eigenvalue weighted by Gasteiger charge is 2.49. The molecule has 1 aromatic carbocycles. The number of nitrogens with zero attached hydrogens (tertiary/aromatic N) is 1. The van der Waals surface area contributed by atoms with Crippen LogP contribution in [-0.2, 0) is 16.1 Å². The standard InChI is InChI=1S/C13H16N2O4.ClH/c14-13(12(18)19)6-10(11(16)17)15(8-13)7-9-4-2-1-3-5-9;/h1-5,10H,6-8,14H2,(H,16,17)(H,18,19);1H/t10?,13-;/m1./s1. The first-order chi connectivity index (χ1) is 8.92. The summed E-state index contributed by atoms with van der Waals surface area (Å²) in [5.74, 6) is -2.20. The second kappa shape index (κ2) is 6.21. The summed E-state index contributed by atoms with van der Waals surface area (Å²) in [4.78, 5) is 24.0. The molecule has 0 saturated carbocycles. The molecule has 1 aliphatic rings. The molecule has 7 heteroatoms. The van der Waals surface area contributed by atoms with Crippen LogP contribution in [0.15, 0.2) is 30.3 Å². The van der Waals surface area contributed by atoms with E-state index in [0.29, 0.717) is 6.54 Å². The number of aliphatic carboxylic acids is 2. The molecule has 1 aliphatic heterocycles. The zero-order chi connectivity index (χ0) is 14.0. The summed E-state index contributed by atoms with van der Waals surface area (Å²) in [6.07, 6.45) is -0.0789. The third-order valence-electron chi connectivity index (χ3n) is 3.42. The zero-order valence-electron chi connectivity index (χ0n) is 10.7. The van der Waals surface area contributed by atoms with Crippen LogP contribution in [0.5, 0.6) is 0 Å². The predicted octanol–water partition coefficient (Wildman–Crippen LogP) is 0.549. The molecule has 1 saturated heterocycles. The van der Waals surface area contributed by atoms with E-state index in [0.717, 1.165) is 5.56 Å². The molecule has 2 rings (SSSR count). The molecule has 0 aromatic heterocycles. The van der Waals surface area contributed by atoms with Gasteiger partial charge in [-0.05, 0) is 5.56 Å². The second-order valence-electron chi connectivity index (χ2n) is 4.91. The zero-order valence-corrected chi connectivity index (χ0v) is 11.5. The first kappa shape index (κ1) is 16.4. The number of carbonyl (C=O) groups is 2. The van der Waals surface area contributed by atoms with Gasteiger partial charge in [-0.3, -0.25) is 14.5 Å². The smallest absolute Gasteiger partial charge is 0.325 e. The molecule has 6 nitrogen and oxygen atoms in total. The van der Waals surface area contributed by atoms with E-state index in [2.05, 4.69) is 0 Å². The molecule has 0 bridgehead atoms. The van der Waals surface area contributed by atoms with Crippen molar-refractivity contribution >= 4 is 24.3 Å². The maximum absolute atomic E-state index is 11.2. The first-order valence-electron chi connectivity index (χ1n) is 5.95. The van der Waals surface area contributed by atoms with Gasteiger partial charge in [-0.25, -0.2) is 0 Å². The summed E-state index contributed by atoms with van der Waals surface area (Å²) in [6.45, 7) is 0.415. The van der Waals surface area contributed by atoms with E-state index in [4.69, 9.17) is 10.8 Å². The molecule has 1 aromatic rings.